The number of hydrogen-bond acceptors (Lipinski definition) is 6. The van der Waals surface area contributed by atoms with Gasteiger partial charge in [0.15, 0.2) is 0 Å². The van der Waals surface area contributed by atoms with Crippen molar-refractivity contribution in [1.82, 2.24) is 9.29 Å². The van der Waals surface area contributed by atoms with E-state index in [1.165, 1.54) is 9.87 Å². The monoisotopic (exact) mass is 522 g/mol. The van der Waals surface area contributed by atoms with E-state index in [0.717, 1.165) is 46.6 Å². The second-order valence-corrected chi connectivity index (χ2v) is 11.6. The van der Waals surface area contributed by atoms with Crippen LogP contribution >= 0.6 is 0 Å². The van der Waals surface area contributed by atoms with E-state index in [1.807, 2.05) is 13.8 Å². The number of aryl methyl sites for hydroxylation is 1. The van der Waals surface area contributed by atoms with Gasteiger partial charge in [0, 0.05) is 25.2 Å². The number of hydrogen-bond donors (Lipinski definition) is 2. The Balaban J connectivity index is 1.71. The Morgan fingerprint density at radius 2 is 1.95 bits per heavy atom. The van der Waals surface area contributed by atoms with Crippen LogP contribution in [0.5, 0.6) is 5.88 Å². The lowest BCUT2D eigenvalue weighted by Crippen LogP contribution is -2.36. The molecular weight excluding hydrogens is 484 g/mol. The van der Waals surface area contributed by atoms with Gasteiger partial charge in [-0.05, 0) is 79.6 Å². The Bertz CT molecular complexity index is 1370. The second-order valence-electron chi connectivity index (χ2n) is 9.67. The summed E-state index contributed by atoms with van der Waals surface area (Å²) in [7, 11) is -3.77. The summed E-state index contributed by atoms with van der Waals surface area (Å²) < 4.78 is 34.8. The van der Waals surface area contributed by atoms with Crippen molar-refractivity contribution in [1.29, 1.82) is 0 Å². The number of benzene rings is 2. The molecule has 0 radical (unpaired) electrons. The van der Waals surface area contributed by atoms with Crippen molar-refractivity contribution in [2.75, 3.05) is 24.1 Å². The molecule has 0 saturated heterocycles. The number of aromatic nitrogens is 1. The van der Waals surface area contributed by atoms with Crippen molar-refractivity contribution >= 4 is 21.4 Å². The van der Waals surface area contributed by atoms with Gasteiger partial charge in [-0.15, -0.1) is 0 Å². The summed E-state index contributed by atoms with van der Waals surface area (Å²) in [6, 6.07) is 13.8. The maximum absolute atomic E-state index is 13.7. The lowest BCUT2D eigenvalue weighted by atomic mass is 9.84. The number of fused-ring (bicyclic) bond motifs is 1. The summed E-state index contributed by atoms with van der Waals surface area (Å²) >= 11 is 0. The molecule has 37 heavy (non-hydrogen) atoms. The Morgan fingerprint density at radius 1 is 1.16 bits per heavy atom. The van der Waals surface area contributed by atoms with Crippen LogP contribution in [0.1, 0.15) is 67.3 Å². The van der Waals surface area contributed by atoms with Crippen LogP contribution in [0.3, 0.4) is 0 Å². The number of nitrogens with two attached hydrogens (primary N) is 1. The van der Waals surface area contributed by atoms with Crippen molar-refractivity contribution in [2.45, 2.75) is 70.9 Å². The first-order valence-electron chi connectivity index (χ1n) is 13.0. The zero-order valence-corrected chi connectivity index (χ0v) is 23.2. The van der Waals surface area contributed by atoms with Gasteiger partial charge >= 0.3 is 0 Å². The van der Waals surface area contributed by atoms with E-state index in [2.05, 4.69) is 61.4 Å². The number of nitrogens with zero attached hydrogens (tertiary/aromatic N) is 2. The Morgan fingerprint density at radius 3 is 2.65 bits per heavy atom. The zero-order chi connectivity index (χ0) is 26.7. The topological polar surface area (TPSA) is 97.5 Å². The molecule has 0 aliphatic carbocycles. The summed E-state index contributed by atoms with van der Waals surface area (Å²) in [6.07, 6.45) is 2.88. The first kappa shape index (κ1) is 26.9. The minimum atomic E-state index is -3.77. The highest BCUT2D eigenvalue weighted by Gasteiger charge is 2.35. The first-order valence-corrected chi connectivity index (χ1v) is 14.5. The number of anilines is 2. The number of ether oxygens (including phenoxy) is 1. The van der Waals surface area contributed by atoms with E-state index in [1.54, 1.807) is 18.3 Å². The molecule has 0 amide bonds. The van der Waals surface area contributed by atoms with Gasteiger partial charge in [-0.2, -0.15) is 4.31 Å². The molecule has 0 saturated carbocycles. The number of nitrogen functional groups attached to an aromatic ring is 1. The van der Waals surface area contributed by atoms with Crippen LogP contribution < -0.4 is 15.8 Å². The molecule has 1 aliphatic rings. The van der Waals surface area contributed by atoms with Gasteiger partial charge in [-0.1, -0.05) is 38.1 Å². The van der Waals surface area contributed by atoms with E-state index >= 15 is 0 Å². The third-order valence-electron chi connectivity index (χ3n) is 7.32. The van der Waals surface area contributed by atoms with Crippen molar-refractivity contribution in [3.05, 3.63) is 76.5 Å². The van der Waals surface area contributed by atoms with E-state index < -0.39 is 10.0 Å². The molecule has 1 aromatic heterocycles. The fraction of sp³-hybridized carbons (Fsp3) is 0.414. The summed E-state index contributed by atoms with van der Waals surface area (Å²) in [4.78, 5) is 4.33. The van der Waals surface area contributed by atoms with Gasteiger partial charge in [0.25, 0.3) is 0 Å². The maximum Gasteiger partial charge on any atom is 0.248 e. The molecule has 1 unspecified atom stereocenters. The lowest BCUT2D eigenvalue weighted by Gasteiger charge is -2.25. The minimum absolute atomic E-state index is 0.123. The smallest absolute Gasteiger partial charge is 0.248 e. The largest absolute Gasteiger partial charge is 0.472 e. The van der Waals surface area contributed by atoms with E-state index in [9.17, 15) is 8.42 Å². The molecule has 198 valence electrons. The van der Waals surface area contributed by atoms with Crippen LogP contribution in [0.4, 0.5) is 11.4 Å². The fourth-order valence-corrected chi connectivity index (χ4v) is 6.58. The van der Waals surface area contributed by atoms with Crippen molar-refractivity contribution in [3.63, 3.8) is 0 Å². The third kappa shape index (κ3) is 5.31. The summed E-state index contributed by atoms with van der Waals surface area (Å²) in [5, 5.41) is 3.33. The molecule has 7 nitrogen and oxygen atoms in total. The van der Waals surface area contributed by atoms with Crippen LogP contribution in [0, 0.1) is 13.8 Å². The number of rotatable bonds is 8. The highest BCUT2D eigenvalue weighted by Crippen LogP contribution is 2.37. The van der Waals surface area contributed by atoms with Crippen molar-refractivity contribution in [3.8, 4) is 5.88 Å². The van der Waals surface area contributed by atoms with Gasteiger partial charge < -0.3 is 15.8 Å². The molecule has 0 fully saturated rings. The van der Waals surface area contributed by atoms with Crippen LogP contribution in [-0.2, 0) is 16.6 Å². The van der Waals surface area contributed by atoms with Gasteiger partial charge in [-0.25, -0.2) is 13.4 Å². The highest BCUT2D eigenvalue weighted by atomic mass is 32.2. The predicted octanol–water partition coefficient (Wildman–Crippen LogP) is 5.62. The molecule has 8 heteroatoms. The van der Waals surface area contributed by atoms with Crippen LogP contribution in [0.25, 0.3) is 0 Å². The van der Waals surface area contributed by atoms with E-state index in [4.69, 9.17) is 10.5 Å². The van der Waals surface area contributed by atoms with Crippen LogP contribution in [0.15, 0.2) is 53.6 Å². The Kier molecular flexibility index (Phi) is 8.09. The van der Waals surface area contributed by atoms with Gasteiger partial charge in [0.1, 0.15) is 11.0 Å². The SMILES string of the molecule is CCNc1ccc(C(CC)c2ccc(C)c(CN3C[C@@H](CC)Oc4ncccc4S3(=O)=O)c2)c(C)c1N. The normalized spacial score (nSPS) is 17.9. The molecule has 0 bridgehead atoms. The third-order valence-corrected chi connectivity index (χ3v) is 9.15. The summed E-state index contributed by atoms with van der Waals surface area (Å²) in [6.45, 7) is 11.7. The van der Waals surface area contributed by atoms with Gasteiger partial charge in [-0.3, -0.25) is 0 Å². The summed E-state index contributed by atoms with van der Waals surface area (Å²) in [5.74, 6) is 0.331. The Hall–Kier alpha value is -3.10. The second kappa shape index (κ2) is 11.1. The average Bonchev–Trinajstić information content (AvgIpc) is 2.99. The molecular formula is C29H38N4O3S. The molecule has 0 spiro atoms. The van der Waals surface area contributed by atoms with Gasteiger partial charge in [0.05, 0.1) is 17.9 Å². The Labute approximate surface area is 221 Å². The quantitative estimate of drug-likeness (QED) is 0.373. The van der Waals surface area contributed by atoms with Crippen LogP contribution in [-0.4, -0.2) is 36.9 Å². The lowest BCUT2D eigenvalue weighted by molar-refractivity contribution is 0.162. The minimum Gasteiger partial charge on any atom is -0.472 e. The van der Waals surface area contributed by atoms with Gasteiger partial charge in [0.2, 0.25) is 15.9 Å². The van der Waals surface area contributed by atoms with Crippen LogP contribution in [0.2, 0.25) is 0 Å². The average molecular weight is 523 g/mol. The predicted molar refractivity (Wildman–Crippen MR) is 150 cm³/mol. The maximum atomic E-state index is 13.7. The molecule has 1 aliphatic heterocycles. The molecule has 2 aromatic carbocycles. The summed E-state index contributed by atoms with van der Waals surface area (Å²) in [5.41, 5.74) is 13.7. The number of pyridine rings is 1. The first-order chi connectivity index (χ1) is 17.7. The molecule has 3 aromatic rings. The van der Waals surface area contributed by atoms with Crippen molar-refractivity contribution < 1.29 is 13.2 Å². The van der Waals surface area contributed by atoms with Crippen molar-refractivity contribution in [2.24, 2.45) is 0 Å². The fourth-order valence-electron chi connectivity index (χ4n) is 5.05. The molecule has 2 heterocycles. The van der Waals surface area contributed by atoms with E-state index in [-0.39, 0.29) is 35.9 Å². The number of nitrogens with one attached hydrogen (secondary N) is 1. The van der Waals surface area contributed by atoms with E-state index in [0.29, 0.717) is 6.42 Å². The zero-order valence-electron chi connectivity index (χ0n) is 22.4. The number of sulfonamides is 1. The standard InChI is InChI=1S/C29H38N4O3S/c1-6-23-18-33(37(34,35)27-10-9-15-32-29(27)36-23)17-22-16-21(12-11-19(22)4)24(7-2)25-13-14-26(31-8-3)28(30)20(25)5/h9-16,23-24,31H,6-8,17-18,30H2,1-5H3/t23-,24?/m1/s1. The highest BCUT2D eigenvalue weighted by molar-refractivity contribution is 7.89. The molecule has 2 atom stereocenters. The molecule has 4 rings (SSSR count). The molecule has 3 N–H and O–H groups in total.